The van der Waals surface area contributed by atoms with E-state index in [1.165, 1.54) is 89.9 Å². The second-order valence-corrected chi connectivity index (χ2v) is 8.77. The quantitative estimate of drug-likeness (QED) is 0.283. The monoisotopic (exact) mass is 354 g/mol. The molecule has 0 unspecified atom stereocenters. The summed E-state index contributed by atoms with van der Waals surface area (Å²) < 4.78 is 12.2. The van der Waals surface area contributed by atoms with Crippen molar-refractivity contribution in [2.45, 2.75) is 124 Å². The third-order valence-electron chi connectivity index (χ3n) is 5.77. The Kier molecular flexibility index (Phi) is 12.9. The first-order valence-electron chi connectivity index (χ1n) is 11.4. The SMILES string of the molecule is CCCCCCCCC1(CCCCCCCC)COC(C(C)C)OC1. The summed E-state index contributed by atoms with van der Waals surface area (Å²) in [4.78, 5) is 0. The average Bonchev–Trinajstić information content (AvgIpc) is 2.61. The van der Waals surface area contributed by atoms with E-state index >= 15 is 0 Å². The zero-order valence-corrected chi connectivity index (χ0v) is 17.8. The average molecular weight is 355 g/mol. The van der Waals surface area contributed by atoms with Gasteiger partial charge in [0.2, 0.25) is 0 Å². The van der Waals surface area contributed by atoms with Gasteiger partial charge in [-0.1, -0.05) is 105 Å². The summed E-state index contributed by atoms with van der Waals surface area (Å²) in [7, 11) is 0. The first kappa shape index (κ1) is 23.0. The van der Waals surface area contributed by atoms with Crippen molar-refractivity contribution in [3.63, 3.8) is 0 Å². The van der Waals surface area contributed by atoms with E-state index in [2.05, 4.69) is 27.7 Å². The Morgan fingerprint density at radius 3 is 1.48 bits per heavy atom. The van der Waals surface area contributed by atoms with Crippen LogP contribution < -0.4 is 0 Å². The highest BCUT2D eigenvalue weighted by Gasteiger charge is 2.36. The summed E-state index contributed by atoms with van der Waals surface area (Å²) in [6, 6.07) is 0. The topological polar surface area (TPSA) is 18.5 Å². The van der Waals surface area contributed by atoms with Crippen LogP contribution in [0.5, 0.6) is 0 Å². The molecule has 0 aromatic carbocycles. The van der Waals surface area contributed by atoms with Gasteiger partial charge >= 0.3 is 0 Å². The van der Waals surface area contributed by atoms with Gasteiger partial charge < -0.3 is 9.47 Å². The van der Waals surface area contributed by atoms with Crippen LogP contribution in [-0.2, 0) is 9.47 Å². The molecule has 150 valence electrons. The highest BCUT2D eigenvalue weighted by Crippen LogP contribution is 2.37. The van der Waals surface area contributed by atoms with E-state index in [4.69, 9.17) is 9.47 Å². The summed E-state index contributed by atoms with van der Waals surface area (Å²) in [5, 5.41) is 0. The minimum Gasteiger partial charge on any atom is -0.352 e. The lowest BCUT2D eigenvalue weighted by Gasteiger charge is -2.41. The molecular weight excluding hydrogens is 308 g/mol. The van der Waals surface area contributed by atoms with Crippen molar-refractivity contribution in [2.75, 3.05) is 13.2 Å². The molecule has 1 saturated heterocycles. The van der Waals surface area contributed by atoms with E-state index in [0.717, 1.165) is 13.2 Å². The molecule has 0 bridgehead atoms. The summed E-state index contributed by atoms with van der Waals surface area (Å²) in [5.74, 6) is 0.459. The van der Waals surface area contributed by atoms with Gasteiger partial charge in [-0.3, -0.25) is 0 Å². The van der Waals surface area contributed by atoms with Crippen LogP contribution >= 0.6 is 0 Å². The summed E-state index contributed by atoms with van der Waals surface area (Å²) in [6.07, 6.45) is 19.1. The number of unbranched alkanes of at least 4 members (excludes halogenated alkanes) is 10. The number of rotatable bonds is 15. The predicted molar refractivity (Wildman–Crippen MR) is 109 cm³/mol. The predicted octanol–water partition coefficient (Wildman–Crippen LogP) is 7.50. The summed E-state index contributed by atoms with van der Waals surface area (Å²) in [5.41, 5.74) is 0.293. The third kappa shape index (κ3) is 9.99. The van der Waals surface area contributed by atoms with Crippen LogP contribution in [0.4, 0.5) is 0 Å². The van der Waals surface area contributed by atoms with Crippen molar-refractivity contribution in [3.05, 3.63) is 0 Å². The fraction of sp³-hybridized carbons (Fsp3) is 1.00. The lowest BCUT2D eigenvalue weighted by Crippen LogP contribution is -2.43. The smallest absolute Gasteiger partial charge is 0.159 e. The minimum atomic E-state index is 0.0160. The normalized spacial score (nSPS) is 18.1. The van der Waals surface area contributed by atoms with Crippen molar-refractivity contribution in [2.24, 2.45) is 11.3 Å². The van der Waals surface area contributed by atoms with E-state index in [1.54, 1.807) is 0 Å². The first-order valence-corrected chi connectivity index (χ1v) is 11.4. The largest absolute Gasteiger partial charge is 0.352 e. The molecule has 0 amide bonds. The van der Waals surface area contributed by atoms with E-state index < -0.39 is 0 Å². The molecule has 1 rings (SSSR count). The lowest BCUT2D eigenvalue weighted by atomic mass is 9.78. The van der Waals surface area contributed by atoms with Gasteiger partial charge in [-0.05, 0) is 12.8 Å². The highest BCUT2D eigenvalue weighted by molar-refractivity contribution is 4.82. The van der Waals surface area contributed by atoms with Crippen LogP contribution in [0.3, 0.4) is 0 Å². The van der Waals surface area contributed by atoms with Gasteiger partial charge in [0.1, 0.15) is 0 Å². The van der Waals surface area contributed by atoms with Gasteiger partial charge in [0.15, 0.2) is 6.29 Å². The number of ether oxygens (including phenoxy) is 2. The molecule has 0 aliphatic carbocycles. The molecule has 0 spiro atoms. The molecule has 0 N–H and O–H groups in total. The minimum absolute atomic E-state index is 0.0160. The molecule has 1 aliphatic rings. The molecule has 0 aromatic rings. The molecule has 1 fully saturated rings. The van der Waals surface area contributed by atoms with Gasteiger partial charge in [-0.2, -0.15) is 0 Å². The molecule has 1 aliphatic heterocycles. The van der Waals surface area contributed by atoms with E-state index in [0.29, 0.717) is 11.3 Å². The van der Waals surface area contributed by atoms with Gasteiger partial charge in [0, 0.05) is 11.3 Å². The lowest BCUT2D eigenvalue weighted by molar-refractivity contribution is -0.249. The standard InChI is InChI=1S/C23H46O2/c1-5-7-9-11-13-15-17-23(18-16-14-12-10-8-6-2)19-24-22(21(3)4)25-20-23/h21-22H,5-20H2,1-4H3. The van der Waals surface area contributed by atoms with Crippen LogP contribution in [-0.4, -0.2) is 19.5 Å². The molecule has 2 heteroatoms. The maximum Gasteiger partial charge on any atom is 0.159 e. The first-order chi connectivity index (χ1) is 12.1. The molecule has 0 radical (unpaired) electrons. The third-order valence-corrected chi connectivity index (χ3v) is 5.77. The van der Waals surface area contributed by atoms with E-state index in [9.17, 15) is 0 Å². The number of hydrogen-bond donors (Lipinski definition) is 0. The Labute approximate surface area is 158 Å². The van der Waals surface area contributed by atoms with Crippen molar-refractivity contribution in [3.8, 4) is 0 Å². The van der Waals surface area contributed by atoms with Crippen molar-refractivity contribution in [1.82, 2.24) is 0 Å². The van der Waals surface area contributed by atoms with Crippen LogP contribution in [0, 0.1) is 11.3 Å². The Morgan fingerprint density at radius 1 is 0.680 bits per heavy atom. The zero-order chi connectivity index (χ0) is 18.4. The molecule has 0 aromatic heterocycles. The molecular formula is C23H46O2. The van der Waals surface area contributed by atoms with Gasteiger partial charge in [0.25, 0.3) is 0 Å². The zero-order valence-electron chi connectivity index (χ0n) is 17.8. The van der Waals surface area contributed by atoms with Crippen LogP contribution in [0.2, 0.25) is 0 Å². The van der Waals surface area contributed by atoms with E-state index in [-0.39, 0.29) is 6.29 Å². The maximum absolute atomic E-state index is 6.12. The van der Waals surface area contributed by atoms with Gasteiger partial charge in [-0.15, -0.1) is 0 Å². The maximum atomic E-state index is 6.12. The summed E-state index contributed by atoms with van der Waals surface area (Å²) >= 11 is 0. The van der Waals surface area contributed by atoms with Crippen molar-refractivity contribution >= 4 is 0 Å². The van der Waals surface area contributed by atoms with Crippen molar-refractivity contribution in [1.29, 1.82) is 0 Å². The molecule has 0 saturated carbocycles. The van der Waals surface area contributed by atoms with Gasteiger partial charge in [-0.25, -0.2) is 0 Å². The van der Waals surface area contributed by atoms with E-state index in [1.807, 2.05) is 0 Å². The van der Waals surface area contributed by atoms with Crippen molar-refractivity contribution < 1.29 is 9.47 Å². The molecule has 1 heterocycles. The Bertz CT molecular complexity index is 274. The fourth-order valence-corrected chi connectivity index (χ4v) is 3.97. The van der Waals surface area contributed by atoms with Crippen LogP contribution in [0.15, 0.2) is 0 Å². The Balaban J connectivity index is 2.34. The second-order valence-electron chi connectivity index (χ2n) is 8.77. The highest BCUT2D eigenvalue weighted by atomic mass is 16.7. The van der Waals surface area contributed by atoms with Crippen LogP contribution in [0.25, 0.3) is 0 Å². The second kappa shape index (κ2) is 14.0. The Hall–Kier alpha value is -0.0800. The van der Waals surface area contributed by atoms with Crippen LogP contribution in [0.1, 0.15) is 118 Å². The summed E-state index contributed by atoms with van der Waals surface area (Å²) in [6.45, 7) is 10.8. The fourth-order valence-electron chi connectivity index (χ4n) is 3.97. The molecule has 25 heavy (non-hydrogen) atoms. The molecule has 0 atom stereocenters. The van der Waals surface area contributed by atoms with Gasteiger partial charge in [0.05, 0.1) is 13.2 Å². The Morgan fingerprint density at radius 2 is 1.08 bits per heavy atom. The molecule has 2 nitrogen and oxygen atoms in total. The number of hydrogen-bond acceptors (Lipinski definition) is 2.